The Bertz CT molecular complexity index is 872. The van der Waals surface area contributed by atoms with Crippen LogP contribution in [0.4, 0.5) is 0 Å². The van der Waals surface area contributed by atoms with Crippen molar-refractivity contribution in [2.24, 2.45) is 0 Å². The van der Waals surface area contributed by atoms with Crippen molar-refractivity contribution < 1.29 is 4.52 Å². The van der Waals surface area contributed by atoms with Gasteiger partial charge >= 0.3 is 0 Å². The van der Waals surface area contributed by atoms with E-state index in [2.05, 4.69) is 50.7 Å². The molecule has 0 saturated carbocycles. The van der Waals surface area contributed by atoms with Crippen LogP contribution in [0.5, 0.6) is 0 Å². The predicted molar refractivity (Wildman–Crippen MR) is 113 cm³/mol. The summed E-state index contributed by atoms with van der Waals surface area (Å²) in [7, 11) is 0. The zero-order valence-electron chi connectivity index (χ0n) is 15.6. The van der Waals surface area contributed by atoms with Crippen molar-refractivity contribution >= 4 is 24.0 Å². The molecule has 0 spiro atoms. The predicted octanol–water partition coefficient (Wildman–Crippen LogP) is 4.08. The van der Waals surface area contributed by atoms with Gasteiger partial charge in [0.25, 0.3) is 0 Å². The van der Waals surface area contributed by atoms with Gasteiger partial charge in [0.05, 0.1) is 6.54 Å². The first kappa shape index (κ1) is 20.8. The summed E-state index contributed by atoms with van der Waals surface area (Å²) in [6.07, 6.45) is 1.69. The van der Waals surface area contributed by atoms with Crippen LogP contribution in [-0.2, 0) is 19.4 Å². The van der Waals surface area contributed by atoms with Gasteiger partial charge in [0, 0.05) is 37.1 Å². The van der Waals surface area contributed by atoms with Gasteiger partial charge in [-0.2, -0.15) is 4.98 Å². The Morgan fingerprint density at radius 3 is 2.68 bits per heavy atom. The van der Waals surface area contributed by atoms with Gasteiger partial charge in [-0.05, 0) is 23.6 Å². The fourth-order valence-corrected chi connectivity index (χ4v) is 3.78. The van der Waals surface area contributed by atoms with Crippen LogP contribution in [0.15, 0.2) is 59.1 Å². The van der Waals surface area contributed by atoms with E-state index < -0.39 is 0 Å². The summed E-state index contributed by atoms with van der Waals surface area (Å²) in [5.74, 6) is 1.43. The number of hydrogen-bond donors (Lipinski definition) is 1. The average molecular weight is 419 g/mol. The lowest BCUT2D eigenvalue weighted by Gasteiger charge is -2.35. The molecule has 1 aromatic heterocycles. The second kappa shape index (κ2) is 10.0. The van der Waals surface area contributed by atoms with E-state index in [1.807, 2.05) is 24.3 Å². The first-order chi connectivity index (χ1) is 13.3. The summed E-state index contributed by atoms with van der Waals surface area (Å²) in [6, 6.07) is 18.6. The van der Waals surface area contributed by atoms with E-state index in [1.54, 1.807) is 0 Å². The van der Waals surface area contributed by atoms with Crippen molar-refractivity contribution in [2.45, 2.75) is 25.4 Å². The number of nitrogens with one attached hydrogen (secondary N) is 1. The Hall–Kier alpha value is -1.92. The lowest BCUT2D eigenvalue weighted by molar-refractivity contribution is 0.135. The Morgan fingerprint density at radius 2 is 1.86 bits per heavy atom. The number of halogens is 2. The first-order valence-electron chi connectivity index (χ1n) is 9.34. The Labute approximate surface area is 176 Å². The van der Waals surface area contributed by atoms with E-state index in [1.165, 1.54) is 5.56 Å². The van der Waals surface area contributed by atoms with E-state index in [-0.39, 0.29) is 18.4 Å². The number of piperazine rings is 1. The maximum Gasteiger partial charge on any atom is 0.240 e. The lowest BCUT2D eigenvalue weighted by atomic mass is 10.0. The molecular weight excluding hydrogens is 395 g/mol. The SMILES string of the molecule is Cl.Clc1ccccc1C1CNCCN1Cc1nc(CCc2ccccc2)no1. The van der Waals surface area contributed by atoms with Crippen molar-refractivity contribution in [3.63, 3.8) is 0 Å². The first-order valence-corrected chi connectivity index (χ1v) is 9.72. The quantitative estimate of drug-likeness (QED) is 0.653. The second-order valence-corrected chi connectivity index (χ2v) is 7.21. The van der Waals surface area contributed by atoms with Gasteiger partial charge in [0.15, 0.2) is 5.82 Å². The number of benzene rings is 2. The van der Waals surface area contributed by atoms with Gasteiger partial charge < -0.3 is 9.84 Å². The summed E-state index contributed by atoms with van der Waals surface area (Å²) in [6.45, 7) is 3.35. The number of nitrogens with zero attached hydrogens (tertiary/aromatic N) is 3. The van der Waals surface area contributed by atoms with E-state index >= 15 is 0 Å². The van der Waals surface area contributed by atoms with Crippen LogP contribution >= 0.6 is 24.0 Å². The topological polar surface area (TPSA) is 54.2 Å². The van der Waals surface area contributed by atoms with Gasteiger partial charge in [0.1, 0.15) is 0 Å². The van der Waals surface area contributed by atoms with Crippen LogP contribution in [0, 0.1) is 0 Å². The summed E-state index contributed by atoms with van der Waals surface area (Å²) in [5, 5.41) is 8.41. The molecule has 3 aromatic rings. The number of aryl methyl sites for hydroxylation is 2. The Kier molecular flexibility index (Phi) is 7.45. The third kappa shape index (κ3) is 5.11. The van der Waals surface area contributed by atoms with Gasteiger partial charge in [-0.1, -0.05) is 65.3 Å². The Morgan fingerprint density at radius 1 is 1.07 bits per heavy atom. The van der Waals surface area contributed by atoms with Crippen LogP contribution in [0.1, 0.15) is 28.9 Å². The zero-order valence-corrected chi connectivity index (χ0v) is 17.1. The Balaban J connectivity index is 0.00000225. The maximum atomic E-state index is 6.42. The van der Waals surface area contributed by atoms with Gasteiger partial charge in [-0.15, -0.1) is 12.4 Å². The highest BCUT2D eigenvalue weighted by molar-refractivity contribution is 6.31. The van der Waals surface area contributed by atoms with Crippen molar-refractivity contribution in [3.05, 3.63) is 82.5 Å². The number of aromatic nitrogens is 2. The van der Waals surface area contributed by atoms with Crippen molar-refractivity contribution in [1.82, 2.24) is 20.4 Å². The van der Waals surface area contributed by atoms with Crippen LogP contribution in [-0.4, -0.2) is 34.7 Å². The lowest BCUT2D eigenvalue weighted by Crippen LogP contribution is -2.45. The smallest absolute Gasteiger partial charge is 0.240 e. The second-order valence-electron chi connectivity index (χ2n) is 6.80. The molecule has 1 atom stereocenters. The number of rotatable bonds is 6. The molecule has 0 bridgehead atoms. The zero-order chi connectivity index (χ0) is 18.5. The highest BCUT2D eigenvalue weighted by Crippen LogP contribution is 2.29. The van der Waals surface area contributed by atoms with Gasteiger partial charge in [-0.25, -0.2) is 0 Å². The molecule has 2 heterocycles. The fourth-order valence-electron chi connectivity index (χ4n) is 3.52. The van der Waals surface area contributed by atoms with Crippen LogP contribution in [0.2, 0.25) is 5.02 Å². The molecule has 1 fully saturated rings. The molecule has 0 amide bonds. The molecule has 1 aliphatic heterocycles. The monoisotopic (exact) mass is 418 g/mol. The molecule has 0 radical (unpaired) electrons. The molecule has 4 rings (SSSR count). The molecule has 7 heteroatoms. The standard InChI is InChI=1S/C21H23ClN4O.ClH/c22-18-9-5-4-8-17(18)19-14-23-12-13-26(19)15-21-24-20(25-27-21)11-10-16-6-2-1-3-7-16;/h1-9,19,23H,10-15H2;1H. The van der Waals surface area contributed by atoms with E-state index in [9.17, 15) is 0 Å². The third-order valence-corrected chi connectivity index (χ3v) is 5.29. The number of hydrogen-bond acceptors (Lipinski definition) is 5. The third-order valence-electron chi connectivity index (χ3n) is 4.95. The molecule has 28 heavy (non-hydrogen) atoms. The minimum atomic E-state index is 0. The molecule has 0 aliphatic carbocycles. The van der Waals surface area contributed by atoms with E-state index in [0.717, 1.165) is 48.9 Å². The highest BCUT2D eigenvalue weighted by atomic mass is 35.5. The van der Waals surface area contributed by atoms with E-state index in [4.69, 9.17) is 16.1 Å². The van der Waals surface area contributed by atoms with Gasteiger partial charge in [0.2, 0.25) is 5.89 Å². The molecule has 148 valence electrons. The maximum absolute atomic E-state index is 6.42. The van der Waals surface area contributed by atoms with E-state index in [0.29, 0.717) is 12.4 Å². The van der Waals surface area contributed by atoms with Gasteiger partial charge in [-0.3, -0.25) is 4.90 Å². The minimum Gasteiger partial charge on any atom is -0.338 e. The molecule has 1 aliphatic rings. The largest absolute Gasteiger partial charge is 0.338 e. The van der Waals surface area contributed by atoms with Crippen molar-refractivity contribution in [3.8, 4) is 0 Å². The van der Waals surface area contributed by atoms with Crippen molar-refractivity contribution in [1.29, 1.82) is 0 Å². The normalized spacial score (nSPS) is 17.2. The summed E-state index contributed by atoms with van der Waals surface area (Å²) in [4.78, 5) is 6.95. The molecular formula is C21H24Cl2N4O. The highest BCUT2D eigenvalue weighted by Gasteiger charge is 2.26. The summed E-state index contributed by atoms with van der Waals surface area (Å²) in [5.41, 5.74) is 2.42. The molecule has 1 saturated heterocycles. The molecule has 2 aromatic carbocycles. The molecule has 1 N–H and O–H groups in total. The summed E-state index contributed by atoms with van der Waals surface area (Å²) < 4.78 is 5.51. The molecule has 5 nitrogen and oxygen atoms in total. The van der Waals surface area contributed by atoms with Crippen LogP contribution in [0.25, 0.3) is 0 Å². The average Bonchev–Trinajstić information content (AvgIpc) is 3.16. The summed E-state index contributed by atoms with van der Waals surface area (Å²) >= 11 is 6.42. The minimum absolute atomic E-state index is 0. The van der Waals surface area contributed by atoms with Crippen LogP contribution in [0.3, 0.4) is 0 Å². The molecule has 1 unspecified atom stereocenters. The van der Waals surface area contributed by atoms with Crippen LogP contribution < -0.4 is 5.32 Å². The fraction of sp³-hybridized carbons (Fsp3) is 0.333. The van der Waals surface area contributed by atoms with Crippen molar-refractivity contribution in [2.75, 3.05) is 19.6 Å².